The van der Waals surface area contributed by atoms with E-state index >= 15 is 0 Å². The van der Waals surface area contributed by atoms with Gasteiger partial charge in [0, 0.05) is 18.3 Å². The number of amides is 1. The van der Waals surface area contributed by atoms with E-state index in [1.165, 1.54) is 6.07 Å². The van der Waals surface area contributed by atoms with Crippen LogP contribution in [0.25, 0.3) is 0 Å². The first-order valence-electron chi connectivity index (χ1n) is 7.53. The van der Waals surface area contributed by atoms with Gasteiger partial charge in [0.25, 0.3) is 11.6 Å². The second-order valence-electron chi connectivity index (χ2n) is 5.41. The molecule has 2 aromatic rings. The average Bonchev–Trinajstić information content (AvgIpc) is 2.57. The maximum absolute atomic E-state index is 12.8. The zero-order chi connectivity index (χ0) is 16.4. The van der Waals surface area contributed by atoms with Crippen LogP contribution >= 0.6 is 0 Å². The first kappa shape index (κ1) is 15.0. The number of fused-ring (bicyclic) bond motifs is 1. The Kier molecular flexibility index (Phi) is 3.97. The van der Waals surface area contributed by atoms with Crippen molar-refractivity contribution >= 4 is 17.3 Å². The Morgan fingerprint density at radius 3 is 2.61 bits per heavy atom. The molecule has 1 N–H and O–H groups in total. The van der Waals surface area contributed by atoms with Crippen molar-refractivity contribution in [1.29, 1.82) is 0 Å². The Bertz CT molecular complexity index is 760. The summed E-state index contributed by atoms with van der Waals surface area (Å²) in [5.41, 5.74) is 1.80. The monoisotopic (exact) mass is 311 g/mol. The number of nitrogens with zero attached hydrogens (tertiary/aromatic N) is 2. The highest BCUT2D eigenvalue weighted by Gasteiger charge is 2.35. The van der Waals surface area contributed by atoms with Crippen molar-refractivity contribution in [2.45, 2.75) is 19.5 Å². The highest BCUT2D eigenvalue weighted by atomic mass is 16.6. The number of nitro groups is 1. The van der Waals surface area contributed by atoms with Crippen LogP contribution in [0.3, 0.4) is 0 Å². The number of para-hydroxylation sites is 2. The summed E-state index contributed by atoms with van der Waals surface area (Å²) in [4.78, 5) is 25.4. The third kappa shape index (κ3) is 2.63. The smallest absolute Gasteiger partial charge is 0.276 e. The molecule has 0 saturated carbocycles. The zero-order valence-electron chi connectivity index (χ0n) is 12.7. The molecule has 1 unspecified atom stereocenters. The molecule has 1 aliphatic rings. The highest BCUT2D eigenvalue weighted by molar-refractivity contribution is 6.01. The Hall–Kier alpha value is -2.89. The number of carbonyl (C=O) groups is 1. The van der Waals surface area contributed by atoms with E-state index < -0.39 is 11.1 Å². The van der Waals surface area contributed by atoms with Crippen molar-refractivity contribution in [3.8, 4) is 0 Å². The normalized spacial score (nSPS) is 16.7. The van der Waals surface area contributed by atoms with Crippen LogP contribution in [-0.2, 0) is 0 Å². The molecule has 1 amide bonds. The predicted molar refractivity (Wildman–Crippen MR) is 87.2 cm³/mol. The Morgan fingerprint density at radius 2 is 1.87 bits per heavy atom. The van der Waals surface area contributed by atoms with Crippen LogP contribution < -0.4 is 5.32 Å². The van der Waals surface area contributed by atoms with Gasteiger partial charge in [0.1, 0.15) is 6.17 Å². The molecular weight excluding hydrogens is 294 g/mol. The number of rotatable bonds is 4. The molecule has 0 fully saturated rings. The lowest BCUT2D eigenvalue weighted by atomic mass is 10.0. The van der Waals surface area contributed by atoms with Gasteiger partial charge in [-0.25, -0.2) is 0 Å². The molecule has 0 aromatic heterocycles. The van der Waals surface area contributed by atoms with Crippen molar-refractivity contribution in [3.05, 3.63) is 69.8 Å². The number of hydrogen-bond acceptors (Lipinski definition) is 4. The van der Waals surface area contributed by atoms with Crippen molar-refractivity contribution < 1.29 is 9.72 Å². The van der Waals surface area contributed by atoms with E-state index in [0.717, 1.165) is 6.42 Å². The van der Waals surface area contributed by atoms with E-state index in [1.807, 2.05) is 25.1 Å². The van der Waals surface area contributed by atoms with Crippen LogP contribution in [0.15, 0.2) is 48.5 Å². The van der Waals surface area contributed by atoms with Crippen LogP contribution in [0.1, 0.15) is 35.4 Å². The largest absolute Gasteiger partial charge is 0.361 e. The minimum Gasteiger partial charge on any atom is -0.361 e. The molecule has 0 saturated heterocycles. The van der Waals surface area contributed by atoms with Crippen molar-refractivity contribution in [2.24, 2.45) is 0 Å². The van der Waals surface area contributed by atoms with Gasteiger partial charge in [0.2, 0.25) is 0 Å². The van der Waals surface area contributed by atoms with Gasteiger partial charge in [-0.1, -0.05) is 31.2 Å². The van der Waals surface area contributed by atoms with Crippen molar-refractivity contribution in [3.63, 3.8) is 0 Å². The standard InChI is InChI=1S/C17H17N3O3/c1-2-11-19-16(13-8-4-6-10-15(13)20(22)23)18-14-9-5-3-7-12(14)17(19)21/h3-10,16,18H,2,11H2,1H3. The van der Waals surface area contributed by atoms with E-state index in [9.17, 15) is 14.9 Å². The van der Waals surface area contributed by atoms with E-state index in [1.54, 1.807) is 29.2 Å². The van der Waals surface area contributed by atoms with Crippen LogP contribution in [0.4, 0.5) is 11.4 Å². The summed E-state index contributed by atoms with van der Waals surface area (Å²) < 4.78 is 0. The summed E-state index contributed by atoms with van der Waals surface area (Å²) >= 11 is 0. The molecule has 2 aromatic carbocycles. The molecule has 3 rings (SSSR count). The quantitative estimate of drug-likeness (QED) is 0.692. The maximum atomic E-state index is 12.8. The summed E-state index contributed by atoms with van der Waals surface area (Å²) in [6.45, 7) is 2.50. The lowest BCUT2D eigenvalue weighted by molar-refractivity contribution is -0.385. The Balaban J connectivity index is 2.11. The summed E-state index contributed by atoms with van der Waals surface area (Å²) in [6, 6.07) is 13.8. The molecule has 0 radical (unpaired) electrons. The third-order valence-electron chi connectivity index (χ3n) is 3.91. The van der Waals surface area contributed by atoms with Crippen LogP contribution in [-0.4, -0.2) is 22.3 Å². The first-order chi connectivity index (χ1) is 11.1. The molecule has 1 atom stereocenters. The lowest BCUT2D eigenvalue weighted by Gasteiger charge is -2.37. The zero-order valence-corrected chi connectivity index (χ0v) is 12.7. The molecule has 0 bridgehead atoms. The number of nitrogens with one attached hydrogen (secondary N) is 1. The average molecular weight is 311 g/mol. The van der Waals surface area contributed by atoms with Gasteiger partial charge in [-0.2, -0.15) is 0 Å². The summed E-state index contributed by atoms with van der Waals surface area (Å²) in [7, 11) is 0. The van der Waals surface area contributed by atoms with Gasteiger partial charge in [0.05, 0.1) is 16.1 Å². The number of anilines is 1. The molecule has 23 heavy (non-hydrogen) atoms. The van der Waals surface area contributed by atoms with Gasteiger partial charge in [-0.3, -0.25) is 14.9 Å². The van der Waals surface area contributed by atoms with Gasteiger partial charge in [-0.15, -0.1) is 0 Å². The molecule has 6 heteroatoms. The van der Waals surface area contributed by atoms with Gasteiger partial charge >= 0.3 is 0 Å². The second kappa shape index (κ2) is 6.08. The lowest BCUT2D eigenvalue weighted by Crippen LogP contribution is -2.43. The predicted octanol–water partition coefficient (Wildman–Crippen LogP) is 3.57. The van der Waals surface area contributed by atoms with Gasteiger partial charge < -0.3 is 10.2 Å². The number of benzene rings is 2. The molecule has 1 aliphatic heterocycles. The van der Waals surface area contributed by atoms with Gasteiger partial charge in [0.15, 0.2) is 0 Å². The van der Waals surface area contributed by atoms with Crippen LogP contribution in [0.5, 0.6) is 0 Å². The molecule has 6 nitrogen and oxygen atoms in total. The van der Waals surface area contributed by atoms with Crippen molar-refractivity contribution in [1.82, 2.24) is 4.90 Å². The summed E-state index contributed by atoms with van der Waals surface area (Å²) in [6.07, 6.45) is 0.228. The first-order valence-corrected chi connectivity index (χ1v) is 7.53. The molecular formula is C17H17N3O3. The van der Waals surface area contributed by atoms with Crippen LogP contribution in [0, 0.1) is 10.1 Å². The minimum atomic E-state index is -0.543. The maximum Gasteiger partial charge on any atom is 0.276 e. The Morgan fingerprint density at radius 1 is 1.17 bits per heavy atom. The fraction of sp³-hybridized carbons (Fsp3) is 0.235. The molecule has 0 spiro atoms. The molecule has 0 aliphatic carbocycles. The second-order valence-corrected chi connectivity index (χ2v) is 5.41. The summed E-state index contributed by atoms with van der Waals surface area (Å²) in [5.74, 6) is -0.107. The van der Waals surface area contributed by atoms with E-state index in [4.69, 9.17) is 0 Å². The number of hydrogen-bond donors (Lipinski definition) is 1. The van der Waals surface area contributed by atoms with Gasteiger partial charge in [-0.05, 0) is 24.6 Å². The fourth-order valence-electron chi connectivity index (χ4n) is 2.89. The fourth-order valence-corrected chi connectivity index (χ4v) is 2.89. The minimum absolute atomic E-state index is 0.0123. The van der Waals surface area contributed by atoms with E-state index in [-0.39, 0.29) is 11.6 Å². The topological polar surface area (TPSA) is 75.5 Å². The van der Waals surface area contributed by atoms with E-state index in [2.05, 4.69) is 5.32 Å². The van der Waals surface area contributed by atoms with Crippen LogP contribution in [0.2, 0.25) is 0 Å². The third-order valence-corrected chi connectivity index (χ3v) is 3.91. The Labute approximate surface area is 133 Å². The molecule has 118 valence electrons. The van der Waals surface area contributed by atoms with Crippen molar-refractivity contribution in [2.75, 3.05) is 11.9 Å². The summed E-state index contributed by atoms with van der Waals surface area (Å²) in [5, 5.41) is 14.6. The number of nitro benzene ring substituents is 1. The van der Waals surface area contributed by atoms with E-state index in [0.29, 0.717) is 23.4 Å². The molecule has 1 heterocycles. The SMILES string of the molecule is CCCN1C(=O)c2ccccc2NC1c1ccccc1[N+](=O)[O-]. The number of carbonyl (C=O) groups excluding carboxylic acids is 1. The highest BCUT2D eigenvalue weighted by Crippen LogP contribution is 2.36.